The summed E-state index contributed by atoms with van der Waals surface area (Å²) < 4.78 is 60.9. The summed E-state index contributed by atoms with van der Waals surface area (Å²) in [4.78, 5) is 7.63. The van der Waals surface area contributed by atoms with Crippen LogP contribution in [-0.4, -0.2) is 49.7 Å². The van der Waals surface area contributed by atoms with E-state index in [0.29, 0.717) is 18.8 Å². The Balaban J connectivity index is 0. The number of alkyl halides is 4. The second-order valence-electron chi connectivity index (χ2n) is 13.2. The van der Waals surface area contributed by atoms with E-state index in [9.17, 15) is 17.6 Å². The molecule has 1 aromatic rings. The average Bonchev–Trinajstić information content (AvgIpc) is 3.42. The lowest BCUT2D eigenvalue weighted by atomic mass is 9.92. The molecule has 0 saturated carbocycles. The highest BCUT2D eigenvalue weighted by atomic mass is 19.4. The zero-order valence-electron chi connectivity index (χ0n) is 36.7. The highest BCUT2D eigenvalue weighted by Crippen LogP contribution is 2.28. The number of halogens is 4. The van der Waals surface area contributed by atoms with Crippen LogP contribution in [-0.2, 0) is 4.74 Å². The lowest BCUT2D eigenvalue weighted by Crippen LogP contribution is -2.25. The zero-order chi connectivity index (χ0) is 42.8. The van der Waals surface area contributed by atoms with Crippen LogP contribution in [0.3, 0.4) is 0 Å². The van der Waals surface area contributed by atoms with E-state index < -0.39 is 18.4 Å². The fraction of sp³-hybridized carbons (Fsp3) is 0.562. The zero-order valence-corrected chi connectivity index (χ0v) is 36.7. The van der Waals surface area contributed by atoms with Gasteiger partial charge in [-0.15, -0.1) is 6.58 Å². The van der Waals surface area contributed by atoms with Crippen LogP contribution in [0.2, 0.25) is 0 Å². The molecule has 4 nitrogen and oxygen atoms in total. The van der Waals surface area contributed by atoms with Crippen molar-refractivity contribution in [3.8, 4) is 5.75 Å². The molecule has 8 heteroatoms. The van der Waals surface area contributed by atoms with Crippen molar-refractivity contribution < 1.29 is 27.0 Å². The summed E-state index contributed by atoms with van der Waals surface area (Å²) >= 11 is 0. The van der Waals surface area contributed by atoms with Gasteiger partial charge in [-0.3, -0.25) is 4.99 Å². The van der Waals surface area contributed by atoms with Crippen LogP contribution in [0.25, 0.3) is 5.70 Å². The van der Waals surface area contributed by atoms with E-state index in [4.69, 9.17) is 14.5 Å². The Morgan fingerprint density at radius 2 is 1.55 bits per heavy atom. The van der Waals surface area contributed by atoms with Crippen LogP contribution in [0, 0.1) is 5.92 Å². The lowest BCUT2D eigenvalue weighted by Gasteiger charge is -2.18. The van der Waals surface area contributed by atoms with Gasteiger partial charge >= 0.3 is 6.18 Å². The molecule has 0 aliphatic heterocycles. The van der Waals surface area contributed by atoms with Crippen molar-refractivity contribution in [2.75, 3.05) is 32.9 Å². The Hall–Kier alpha value is -3.65. The third kappa shape index (κ3) is 26.2. The first kappa shape index (κ1) is 54.5. The quantitative estimate of drug-likeness (QED) is 0.0293. The van der Waals surface area contributed by atoms with Gasteiger partial charge in [0.05, 0.1) is 17.9 Å². The molecule has 0 aromatic heterocycles. The van der Waals surface area contributed by atoms with E-state index in [1.807, 2.05) is 51.1 Å². The minimum atomic E-state index is -4.48. The van der Waals surface area contributed by atoms with E-state index in [-0.39, 0.29) is 11.7 Å². The molecule has 56 heavy (non-hydrogen) atoms. The SMILES string of the molecule is C=C(/C=C(\C)OC1=CCC=C(CC(C)C(CCCCCC)=N/C(=C\C)c2ccc(OCCCN(CC)CC)cc2)C=C1)C(F)(F)F.C=CCF.CC.CCCC. The second kappa shape index (κ2) is 34.6. The molecule has 1 aliphatic rings. The minimum Gasteiger partial charge on any atom is -0.494 e. The largest absolute Gasteiger partial charge is 0.494 e. The van der Waals surface area contributed by atoms with Gasteiger partial charge in [0.25, 0.3) is 0 Å². The summed E-state index contributed by atoms with van der Waals surface area (Å²) in [7, 11) is 0. The molecule has 0 spiro atoms. The van der Waals surface area contributed by atoms with Crippen molar-refractivity contribution in [3.63, 3.8) is 0 Å². The summed E-state index contributed by atoms with van der Waals surface area (Å²) in [6, 6.07) is 8.23. The fourth-order valence-corrected chi connectivity index (χ4v) is 5.23. The molecule has 318 valence electrons. The Kier molecular flexibility index (Phi) is 33.6. The molecule has 0 bridgehead atoms. The predicted molar refractivity (Wildman–Crippen MR) is 236 cm³/mol. The maximum atomic E-state index is 12.9. The molecule has 0 radical (unpaired) electrons. The molecule has 2 rings (SSSR count). The molecule has 0 saturated heterocycles. The molecule has 0 fully saturated rings. The number of benzene rings is 1. The Bertz CT molecular complexity index is 1360. The van der Waals surface area contributed by atoms with Crippen molar-refractivity contribution in [1.29, 1.82) is 0 Å². The highest BCUT2D eigenvalue weighted by molar-refractivity contribution is 5.91. The number of nitrogens with zero attached hydrogens (tertiary/aromatic N) is 2. The molecule has 0 N–H and O–H groups in total. The van der Waals surface area contributed by atoms with Crippen molar-refractivity contribution in [3.05, 3.63) is 108 Å². The number of allylic oxidation sites excluding steroid dienone is 10. The fourth-order valence-electron chi connectivity index (χ4n) is 5.23. The third-order valence-electron chi connectivity index (χ3n) is 8.66. The van der Waals surface area contributed by atoms with Crippen LogP contribution >= 0.6 is 0 Å². The van der Waals surface area contributed by atoms with Crippen LogP contribution < -0.4 is 4.74 Å². The molecule has 1 unspecified atom stereocenters. The summed E-state index contributed by atoms with van der Waals surface area (Å²) in [6.45, 7) is 30.3. The molecule has 0 heterocycles. The first-order valence-electron chi connectivity index (χ1n) is 20.9. The molecule has 0 amide bonds. The van der Waals surface area contributed by atoms with E-state index >= 15 is 0 Å². The normalized spacial score (nSPS) is 13.7. The van der Waals surface area contributed by atoms with Crippen LogP contribution in [0.5, 0.6) is 5.75 Å². The molecular weight excluding hydrogens is 713 g/mol. The number of ether oxygens (including phenoxy) is 2. The molecule has 1 atom stereocenters. The standard InChI is InChI=1S/C39H55F3N2O2.C4H10.C3H5F.C2H6/c1-8-12-13-14-19-38(43-37(9-2)34-21-24-35(25-22-34)45-27-16-26-44(10-3)11-4)30(5)28-33-17-15-18-36(23-20-33)46-32(7)29-31(6)39(40,41)42;1-3-4-2;1-2-3-4;1-2/h9,17-18,20-25,29-30H,6,8,10-16,19,26-28H2,1-5,7H3;3-4H2,1-2H3;2H,1,3H2;1-2H3/b32-29+,37-9-,43-38?;;;. The van der Waals surface area contributed by atoms with Gasteiger partial charge in [-0.25, -0.2) is 4.39 Å². The third-order valence-corrected chi connectivity index (χ3v) is 8.66. The first-order valence-corrected chi connectivity index (χ1v) is 20.9. The smallest absolute Gasteiger partial charge is 0.415 e. The van der Waals surface area contributed by atoms with Gasteiger partial charge in [0.2, 0.25) is 0 Å². The van der Waals surface area contributed by atoms with Gasteiger partial charge < -0.3 is 14.4 Å². The van der Waals surface area contributed by atoms with Crippen molar-refractivity contribution in [2.45, 2.75) is 140 Å². The molecular formula is C48H76F4N2O2. The van der Waals surface area contributed by atoms with Crippen LogP contribution in [0.1, 0.15) is 139 Å². The first-order chi connectivity index (χ1) is 26.8. The van der Waals surface area contributed by atoms with E-state index in [1.54, 1.807) is 0 Å². The van der Waals surface area contributed by atoms with Gasteiger partial charge in [0, 0.05) is 17.8 Å². The van der Waals surface area contributed by atoms with Gasteiger partial charge in [0.1, 0.15) is 23.9 Å². The lowest BCUT2D eigenvalue weighted by molar-refractivity contribution is -0.0880. The Morgan fingerprint density at radius 3 is 2.07 bits per heavy atom. The van der Waals surface area contributed by atoms with Crippen molar-refractivity contribution in [1.82, 2.24) is 4.90 Å². The summed E-state index contributed by atoms with van der Waals surface area (Å²) in [5.41, 5.74) is 3.40. The summed E-state index contributed by atoms with van der Waals surface area (Å²) in [5, 5.41) is 0. The maximum absolute atomic E-state index is 12.9. The van der Waals surface area contributed by atoms with Crippen LogP contribution in [0.15, 0.2) is 108 Å². The van der Waals surface area contributed by atoms with Crippen molar-refractivity contribution in [2.24, 2.45) is 10.9 Å². The van der Waals surface area contributed by atoms with Crippen molar-refractivity contribution >= 4 is 11.4 Å². The number of rotatable bonds is 22. The number of hydrogen-bond acceptors (Lipinski definition) is 4. The number of hydrogen-bond donors (Lipinski definition) is 0. The number of aliphatic imine (C=N–C) groups is 1. The van der Waals surface area contributed by atoms with Gasteiger partial charge in [-0.05, 0) is 107 Å². The number of unbranched alkanes of at least 4 members (excludes halogenated alkanes) is 4. The topological polar surface area (TPSA) is 34.1 Å². The van der Waals surface area contributed by atoms with Crippen LogP contribution in [0.4, 0.5) is 17.6 Å². The predicted octanol–water partition coefficient (Wildman–Crippen LogP) is 15.4. The highest BCUT2D eigenvalue weighted by Gasteiger charge is 2.30. The van der Waals surface area contributed by atoms with E-state index in [0.717, 1.165) is 74.0 Å². The van der Waals surface area contributed by atoms with Gasteiger partial charge in [-0.2, -0.15) is 13.2 Å². The van der Waals surface area contributed by atoms with E-state index in [2.05, 4.69) is 83.9 Å². The monoisotopic (exact) mass is 789 g/mol. The maximum Gasteiger partial charge on any atom is 0.415 e. The Labute approximate surface area is 339 Å². The second-order valence-corrected chi connectivity index (χ2v) is 13.2. The summed E-state index contributed by atoms with van der Waals surface area (Å²) in [6.07, 6.45) is 18.2. The minimum absolute atomic E-state index is 0.144. The van der Waals surface area contributed by atoms with E-state index in [1.165, 1.54) is 50.8 Å². The van der Waals surface area contributed by atoms with Gasteiger partial charge in [-0.1, -0.05) is 124 Å². The Morgan fingerprint density at radius 1 is 0.929 bits per heavy atom. The van der Waals surface area contributed by atoms with Gasteiger partial charge in [0.15, 0.2) is 0 Å². The summed E-state index contributed by atoms with van der Waals surface area (Å²) in [5.74, 6) is 1.74. The molecule has 1 aliphatic carbocycles. The average molecular weight is 789 g/mol. The molecule has 1 aromatic carbocycles.